The fraction of sp³-hybridized carbons (Fsp3) is 0.440. The van der Waals surface area contributed by atoms with E-state index in [1.165, 1.54) is 6.42 Å². The average Bonchev–Trinajstić information content (AvgIpc) is 2.78. The van der Waals surface area contributed by atoms with Crippen LogP contribution in [0.1, 0.15) is 61.9 Å². The summed E-state index contributed by atoms with van der Waals surface area (Å²) in [6.07, 6.45) is 5.50. The highest BCUT2D eigenvalue weighted by molar-refractivity contribution is 6.02. The predicted molar refractivity (Wildman–Crippen MR) is 123 cm³/mol. The summed E-state index contributed by atoms with van der Waals surface area (Å²) in [7, 11) is 0. The number of hydrogen-bond donors (Lipinski definition) is 2. The molecule has 2 aromatic rings. The molecule has 3 rings (SSSR count). The molecule has 0 radical (unpaired) electrons. The first kappa shape index (κ1) is 21.9. The highest BCUT2D eigenvalue weighted by Gasteiger charge is 2.20. The number of amides is 2. The molecule has 2 amide bonds. The van der Waals surface area contributed by atoms with Gasteiger partial charge in [-0.2, -0.15) is 0 Å². The van der Waals surface area contributed by atoms with Crippen molar-refractivity contribution < 1.29 is 9.59 Å². The van der Waals surface area contributed by atoms with Gasteiger partial charge in [-0.25, -0.2) is 0 Å². The Kier molecular flexibility index (Phi) is 7.89. The molecule has 1 atom stereocenters. The number of anilines is 2. The number of nitrogens with one attached hydrogen (secondary N) is 2. The maximum Gasteiger partial charge on any atom is 0.253 e. The first-order valence-corrected chi connectivity index (χ1v) is 11.1. The summed E-state index contributed by atoms with van der Waals surface area (Å²) < 4.78 is 0. The molecule has 0 aliphatic carbocycles. The molecular formula is C25H33N3O2. The third-order valence-corrected chi connectivity index (χ3v) is 5.70. The molecule has 2 aromatic carbocycles. The lowest BCUT2D eigenvalue weighted by Gasteiger charge is -2.31. The van der Waals surface area contributed by atoms with Gasteiger partial charge in [0.25, 0.3) is 5.91 Å². The van der Waals surface area contributed by atoms with Crippen LogP contribution >= 0.6 is 0 Å². The summed E-state index contributed by atoms with van der Waals surface area (Å²) in [5.41, 5.74) is 3.40. The van der Waals surface area contributed by atoms with Gasteiger partial charge in [0.1, 0.15) is 0 Å². The summed E-state index contributed by atoms with van der Waals surface area (Å²) in [6, 6.07) is 15.8. The highest BCUT2D eigenvalue weighted by Crippen LogP contribution is 2.27. The zero-order valence-corrected chi connectivity index (χ0v) is 18.1. The van der Waals surface area contributed by atoms with Gasteiger partial charge in [-0.1, -0.05) is 37.3 Å². The first-order chi connectivity index (χ1) is 14.6. The molecule has 160 valence electrons. The van der Waals surface area contributed by atoms with Gasteiger partial charge in [-0.3, -0.25) is 9.59 Å². The summed E-state index contributed by atoms with van der Waals surface area (Å²) in [5.74, 6) is -0.122. The van der Waals surface area contributed by atoms with Crippen molar-refractivity contribution in [3.05, 3.63) is 59.7 Å². The van der Waals surface area contributed by atoms with E-state index in [2.05, 4.69) is 22.5 Å². The Morgan fingerprint density at radius 1 is 1.03 bits per heavy atom. The number of rotatable bonds is 8. The maximum atomic E-state index is 13.0. The van der Waals surface area contributed by atoms with Crippen molar-refractivity contribution in [2.24, 2.45) is 0 Å². The topological polar surface area (TPSA) is 61.4 Å². The van der Waals surface area contributed by atoms with Gasteiger partial charge in [0.2, 0.25) is 5.91 Å². The van der Waals surface area contributed by atoms with Crippen LogP contribution in [0.15, 0.2) is 48.5 Å². The summed E-state index contributed by atoms with van der Waals surface area (Å²) in [5, 5.41) is 6.04. The molecule has 5 heteroatoms. The van der Waals surface area contributed by atoms with Gasteiger partial charge < -0.3 is 15.5 Å². The van der Waals surface area contributed by atoms with Crippen molar-refractivity contribution in [2.75, 3.05) is 23.3 Å². The zero-order valence-electron chi connectivity index (χ0n) is 18.1. The van der Waals surface area contributed by atoms with Crippen LogP contribution in [0.25, 0.3) is 0 Å². The van der Waals surface area contributed by atoms with Crippen LogP contribution in [0.2, 0.25) is 0 Å². The molecule has 1 heterocycles. The number of carbonyl (C=O) groups is 2. The molecule has 5 nitrogen and oxygen atoms in total. The van der Waals surface area contributed by atoms with Crippen LogP contribution in [0.3, 0.4) is 0 Å². The number of carbonyl (C=O) groups excluding carboxylic acids is 2. The fourth-order valence-corrected chi connectivity index (χ4v) is 3.74. The quantitative estimate of drug-likeness (QED) is 0.662. The number of nitrogens with zero attached hydrogens (tertiary/aromatic N) is 1. The smallest absolute Gasteiger partial charge is 0.253 e. The lowest BCUT2D eigenvalue weighted by molar-refractivity contribution is -0.116. The Morgan fingerprint density at radius 2 is 1.77 bits per heavy atom. The van der Waals surface area contributed by atoms with Crippen molar-refractivity contribution in [1.29, 1.82) is 0 Å². The monoisotopic (exact) mass is 407 g/mol. The van der Waals surface area contributed by atoms with E-state index in [1.807, 2.05) is 55.5 Å². The minimum absolute atomic E-state index is 0.0436. The van der Waals surface area contributed by atoms with Gasteiger partial charge in [0, 0.05) is 36.9 Å². The number of piperidine rings is 1. The van der Waals surface area contributed by atoms with Crippen molar-refractivity contribution in [3.8, 4) is 0 Å². The normalized spacial score (nSPS) is 14.8. The molecule has 2 N–H and O–H groups in total. The number of benzene rings is 2. The molecule has 0 aromatic heterocycles. The van der Waals surface area contributed by atoms with Crippen molar-refractivity contribution >= 4 is 23.2 Å². The fourth-order valence-electron chi connectivity index (χ4n) is 3.74. The lowest BCUT2D eigenvalue weighted by atomic mass is 10.0. The van der Waals surface area contributed by atoms with Gasteiger partial charge in [0.05, 0.1) is 5.56 Å². The Balaban J connectivity index is 1.73. The van der Waals surface area contributed by atoms with Gasteiger partial charge in [-0.05, 0) is 62.8 Å². The molecule has 1 aliphatic heterocycles. The molecule has 1 saturated heterocycles. The summed E-state index contributed by atoms with van der Waals surface area (Å²) in [4.78, 5) is 27.7. The minimum Gasteiger partial charge on any atom is -0.371 e. The van der Waals surface area contributed by atoms with Gasteiger partial charge in [-0.15, -0.1) is 0 Å². The van der Waals surface area contributed by atoms with Crippen LogP contribution in [-0.4, -0.2) is 30.9 Å². The standard InChI is InChI=1S/C25H33N3O2/c1-3-19(2)26-25(30)22-18-21(13-14-23(22)28-16-8-5-9-17-28)27-24(29)15-12-20-10-6-4-7-11-20/h4,6-7,10-11,13-14,18-19H,3,5,8-9,12,15-17H2,1-2H3,(H,26,30)(H,27,29). The maximum absolute atomic E-state index is 13.0. The Labute approximate surface area is 179 Å². The van der Waals surface area contributed by atoms with Crippen LogP contribution in [-0.2, 0) is 11.2 Å². The van der Waals surface area contributed by atoms with Crippen molar-refractivity contribution in [2.45, 2.75) is 58.4 Å². The molecular weight excluding hydrogens is 374 g/mol. The second kappa shape index (κ2) is 10.8. The van der Waals surface area contributed by atoms with E-state index in [-0.39, 0.29) is 17.9 Å². The molecule has 1 unspecified atom stereocenters. The van der Waals surface area contributed by atoms with E-state index in [0.29, 0.717) is 24.1 Å². The molecule has 0 saturated carbocycles. The third-order valence-electron chi connectivity index (χ3n) is 5.70. The van der Waals surface area contributed by atoms with Crippen LogP contribution in [0.5, 0.6) is 0 Å². The summed E-state index contributed by atoms with van der Waals surface area (Å²) in [6.45, 7) is 5.99. The van der Waals surface area contributed by atoms with E-state index in [4.69, 9.17) is 0 Å². The molecule has 0 bridgehead atoms. The predicted octanol–water partition coefficient (Wildman–Crippen LogP) is 4.78. The molecule has 1 aliphatic rings. The zero-order chi connectivity index (χ0) is 21.3. The minimum atomic E-state index is -0.0784. The first-order valence-electron chi connectivity index (χ1n) is 11.1. The molecule has 0 spiro atoms. The lowest BCUT2D eigenvalue weighted by Crippen LogP contribution is -2.35. The highest BCUT2D eigenvalue weighted by atomic mass is 16.2. The Bertz CT molecular complexity index is 845. The van der Waals surface area contributed by atoms with E-state index in [9.17, 15) is 9.59 Å². The van der Waals surface area contributed by atoms with Crippen molar-refractivity contribution in [3.63, 3.8) is 0 Å². The second-order valence-electron chi connectivity index (χ2n) is 8.10. The van der Waals surface area contributed by atoms with E-state index in [0.717, 1.165) is 43.6 Å². The van der Waals surface area contributed by atoms with E-state index >= 15 is 0 Å². The largest absolute Gasteiger partial charge is 0.371 e. The van der Waals surface area contributed by atoms with E-state index < -0.39 is 0 Å². The van der Waals surface area contributed by atoms with E-state index in [1.54, 1.807) is 0 Å². The second-order valence-corrected chi connectivity index (χ2v) is 8.10. The Hall–Kier alpha value is -2.82. The van der Waals surface area contributed by atoms with Crippen LogP contribution in [0, 0.1) is 0 Å². The number of hydrogen-bond acceptors (Lipinski definition) is 3. The average molecular weight is 408 g/mol. The SMILES string of the molecule is CCC(C)NC(=O)c1cc(NC(=O)CCc2ccccc2)ccc1N1CCCCC1. The van der Waals surface area contributed by atoms with Gasteiger partial charge in [0.15, 0.2) is 0 Å². The van der Waals surface area contributed by atoms with Gasteiger partial charge >= 0.3 is 0 Å². The third kappa shape index (κ3) is 6.09. The summed E-state index contributed by atoms with van der Waals surface area (Å²) >= 11 is 0. The van der Waals surface area contributed by atoms with Crippen molar-refractivity contribution in [1.82, 2.24) is 5.32 Å². The number of aryl methyl sites for hydroxylation is 1. The van der Waals surface area contributed by atoms with Crippen LogP contribution in [0.4, 0.5) is 11.4 Å². The van der Waals surface area contributed by atoms with Crippen LogP contribution < -0.4 is 15.5 Å². The molecule has 30 heavy (non-hydrogen) atoms. The molecule has 1 fully saturated rings. The Morgan fingerprint density at radius 3 is 2.47 bits per heavy atom.